The number of hydrogen-bond acceptors (Lipinski definition) is 3. The first-order valence-corrected chi connectivity index (χ1v) is 5.50. The van der Waals surface area contributed by atoms with Crippen LogP contribution >= 0.6 is 0 Å². The molecular formula is C11H21N3O. The van der Waals surface area contributed by atoms with Crippen LogP contribution in [-0.2, 0) is 11.3 Å². The lowest BCUT2D eigenvalue weighted by Crippen LogP contribution is -2.21. The molecule has 0 amide bonds. The number of imidazole rings is 1. The fourth-order valence-electron chi connectivity index (χ4n) is 1.73. The van der Waals surface area contributed by atoms with Crippen LogP contribution in [0.1, 0.15) is 31.6 Å². The number of aromatic nitrogens is 2. The van der Waals surface area contributed by atoms with Gasteiger partial charge in [-0.15, -0.1) is 0 Å². The second-order valence-corrected chi connectivity index (χ2v) is 3.55. The van der Waals surface area contributed by atoms with Gasteiger partial charge in [0.1, 0.15) is 5.82 Å². The zero-order valence-electron chi connectivity index (χ0n) is 9.86. The molecule has 1 aromatic rings. The Labute approximate surface area is 91.7 Å². The van der Waals surface area contributed by atoms with Crippen LogP contribution in [0.3, 0.4) is 0 Å². The quantitative estimate of drug-likeness (QED) is 0.696. The van der Waals surface area contributed by atoms with E-state index in [0.29, 0.717) is 6.04 Å². The van der Waals surface area contributed by atoms with E-state index in [2.05, 4.69) is 21.8 Å². The molecular weight excluding hydrogens is 190 g/mol. The van der Waals surface area contributed by atoms with Crippen LogP contribution < -0.4 is 5.32 Å². The summed E-state index contributed by atoms with van der Waals surface area (Å²) in [6.07, 6.45) is 6.00. The van der Waals surface area contributed by atoms with Crippen molar-refractivity contribution in [3.8, 4) is 0 Å². The van der Waals surface area contributed by atoms with Gasteiger partial charge in [0, 0.05) is 32.7 Å². The van der Waals surface area contributed by atoms with E-state index >= 15 is 0 Å². The molecule has 4 heteroatoms. The van der Waals surface area contributed by atoms with Gasteiger partial charge >= 0.3 is 0 Å². The van der Waals surface area contributed by atoms with E-state index in [1.807, 2.05) is 19.4 Å². The van der Waals surface area contributed by atoms with E-state index in [0.717, 1.165) is 31.8 Å². The fourth-order valence-corrected chi connectivity index (χ4v) is 1.73. The molecule has 1 N–H and O–H groups in total. The summed E-state index contributed by atoms with van der Waals surface area (Å²) in [6.45, 7) is 3.91. The zero-order valence-corrected chi connectivity index (χ0v) is 9.86. The van der Waals surface area contributed by atoms with Crippen molar-refractivity contribution in [3.05, 3.63) is 18.2 Å². The highest BCUT2D eigenvalue weighted by atomic mass is 16.5. The van der Waals surface area contributed by atoms with Crippen molar-refractivity contribution in [2.45, 2.75) is 32.4 Å². The molecule has 86 valence electrons. The van der Waals surface area contributed by atoms with E-state index in [1.165, 1.54) is 0 Å². The van der Waals surface area contributed by atoms with Crippen LogP contribution in [0, 0.1) is 0 Å². The first-order valence-electron chi connectivity index (χ1n) is 5.50. The van der Waals surface area contributed by atoms with Gasteiger partial charge in [0.2, 0.25) is 0 Å². The van der Waals surface area contributed by atoms with Gasteiger partial charge in [-0.05, 0) is 26.8 Å². The molecule has 4 nitrogen and oxygen atoms in total. The Morgan fingerprint density at radius 1 is 1.60 bits per heavy atom. The Kier molecular flexibility index (Phi) is 5.36. The number of rotatable bonds is 7. The first-order chi connectivity index (χ1) is 7.33. The Morgan fingerprint density at radius 3 is 3.00 bits per heavy atom. The van der Waals surface area contributed by atoms with Gasteiger partial charge in [0.15, 0.2) is 0 Å². The zero-order chi connectivity index (χ0) is 11.1. The standard InChI is InChI=1S/C11H21N3O/c1-4-14-8-7-13-11(14)10(12-2)6-5-9-15-3/h7-8,10,12H,4-6,9H2,1-3H3. The number of hydrogen-bond donors (Lipinski definition) is 1. The van der Waals surface area contributed by atoms with Crippen molar-refractivity contribution >= 4 is 0 Å². The minimum atomic E-state index is 0.329. The molecule has 0 spiro atoms. The Morgan fingerprint density at radius 2 is 2.40 bits per heavy atom. The highest BCUT2D eigenvalue weighted by molar-refractivity contribution is 4.99. The van der Waals surface area contributed by atoms with Gasteiger partial charge in [-0.25, -0.2) is 4.98 Å². The lowest BCUT2D eigenvalue weighted by molar-refractivity contribution is 0.188. The van der Waals surface area contributed by atoms with Crippen LogP contribution in [0.15, 0.2) is 12.4 Å². The lowest BCUT2D eigenvalue weighted by atomic mass is 10.1. The summed E-state index contributed by atoms with van der Waals surface area (Å²) in [4.78, 5) is 4.40. The third-order valence-electron chi connectivity index (χ3n) is 2.59. The van der Waals surface area contributed by atoms with Gasteiger partial charge in [-0.1, -0.05) is 0 Å². The molecule has 1 atom stereocenters. The van der Waals surface area contributed by atoms with Crippen molar-refractivity contribution in [2.24, 2.45) is 0 Å². The summed E-state index contributed by atoms with van der Waals surface area (Å²) in [6, 6.07) is 0.329. The molecule has 0 aliphatic rings. The number of methoxy groups -OCH3 is 1. The summed E-state index contributed by atoms with van der Waals surface area (Å²) < 4.78 is 7.23. The summed E-state index contributed by atoms with van der Waals surface area (Å²) in [5, 5.41) is 3.30. The second kappa shape index (κ2) is 6.58. The van der Waals surface area contributed by atoms with Crippen molar-refractivity contribution in [2.75, 3.05) is 20.8 Å². The molecule has 0 saturated carbocycles. The van der Waals surface area contributed by atoms with Crippen LogP contribution in [-0.4, -0.2) is 30.3 Å². The maximum Gasteiger partial charge on any atom is 0.125 e. The van der Waals surface area contributed by atoms with Gasteiger partial charge in [-0.3, -0.25) is 0 Å². The minimum absolute atomic E-state index is 0.329. The summed E-state index contributed by atoms with van der Waals surface area (Å²) >= 11 is 0. The lowest BCUT2D eigenvalue weighted by Gasteiger charge is -2.16. The van der Waals surface area contributed by atoms with Crippen LogP contribution in [0.2, 0.25) is 0 Å². The molecule has 0 aliphatic heterocycles. The predicted molar refractivity (Wildman–Crippen MR) is 60.8 cm³/mol. The highest BCUT2D eigenvalue weighted by Gasteiger charge is 2.13. The van der Waals surface area contributed by atoms with E-state index in [1.54, 1.807) is 7.11 Å². The van der Waals surface area contributed by atoms with Crippen molar-refractivity contribution < 1.29 is 4.74 Å². The third kappa shape index (κ3) is 3.32. The summed E-state index contributed by atoms with van der Waals surface area (Å²) in [5.41, 5.74) is 0. The average Bonchev–Trinajstić information content (AvgIpc) is 2.72. The number of aryl methyl sites for hydroxylation is 1. The Balaban J connectivity index is 2.57. The molecule has 0 fully saturated rings. The normalized spacial score (nSPS) is 13.0. The Bertz CT molecular complexity index is 273. The van der Waals surface area contributed by atoms with Crippen LogP contribution in [0.4, 0.5) is 0 Å². The highest BCUT2D eigenvalue weighted by Crippen LogP contribution is 2.16. The molecule has 1 aromatic heterocycles. The number of nitrogens with zero attached hydrogens (tertiary/aromatic N) is 2. The van der Waals surface area contributed by atoms with Crippen molar-refractivity contribution in [1.82, 2.24) is 14.9 Å². The van der Waals surface area contributed by atoms with Crippen LogP contribution in [0.25, 0.3) is 0 Å². The molecule has 1 heterocycles. The van der Waals surface area contributed by atoms with Gasteiger partial charge in [0.25, 0.3) is 0 Å². The SMILES string of the molecule is CCn1ccnc1C(CCCOC)NC. The molecule has 1 unspecified atom stereocenters. The number of nitrogens with one attached hydrogen (secondary N) is 1. The maximum absolute atomic E-state index is 5.06. The molecule has 0 saturated heterocycles. The summed E-state index contributed by atoms with van der Waals surface area (Å²) in [5.74, 6) is 1.12. The smallest absolute Gasteiger partial charge is 0.125 e. The van der Waals surface area contributed by atoms with E-state index in [-0.39, 0.29) is 0 Å². The Hall–Kier alpha value is -0.870. The fraction of sp³-hybridized carbons (Fsp3) is 0.727. The first kappa shape index (κ1) is 12.2. The van der Waals surface area contributed by atoms with Crippen LogP contribution in [0.5, 0.6) is 0 Å². The van der Waals surface area contributed by atoms with E-state index < -0.39 is 0 Å². The topological polar surface area (TPSA) is 39.1 Å². The van der Waals surface area contributed by atoms with Gasteiger partial charge in [0.05, 0.1) is 6.04 Å². The van der Waals surface area contributed by atoms with Gasteiger partial charge < -0.3 is 14.6 Å². The monoisotopic (exact) mass is 211 g/mol. The molecule has 0 aromatic carbocycles. The minimum Gasteiger partial charge on any atom is -0.385 e. The number of ether oxygens (including phenoxy) is 1. The summed E-state index contributed by atoms with van der Waals surface area (Å²) in [7, 11) is 3.72. The molecule has 15 heavy (non-hydrogen) atoms. The van der Waals surface area contributed by atoms with E-state index in [4.69, 9.17) is 4.74 Å². The molecule has 0 aliphatic carbocycles. The molecule has 0 radical (unpaired) electrons. The van der Waals surface area contributed by atoms with Gasteiger partial charge in [-0.2, -0.15) is 0 Å². The molecule has 0 bridgehead atoms. The predicted octanol–water partition coefficient (Wildman–Crippen LogP) is 1.59. The van der Waals surface area contributed by atoms with Crippen molar-refractivity contribution in [1.29, 1.82) is 0 Å². The van der Waals surface area contributed by atoms with E-state index in [9.17, 15) is 0 Å². The maximum atomic E-state index is 5.06. The molecule has 1 rings (SSSR count). The second-order valence-electron chi connectivity index (χ2n) is 3.55. The third-order valence-corrected chi connectivity index (χ3v) is 2.59. The average molecular weight is 211 g/mol. The van der Waals surface area contributed by atoms with Crippen molar-refractivity contribution in [3.63, 3.8) is 0 Å². The largest absolute Gasteiger partial charge is 0.385 e.